The molecule has 21 heavy (non-hydrogen) atoms. The Morgan fingerprint density at radius 3 is 2.43 bits per heavy atom. The van der Waals surface area contributed by atoms with Crippen molar-refractivity contribution in [2.75, 3.05) is 0 Å². The van der Waals surface area contributed by atoms with E-state index in [1.165, 1.54) is 19.1 Å². The smallest absolute Gasteiger partial charge is 0.335 e. The Balaban J connectivity index is 2.84. The Bertz CT molecular complexity index is 785. The maximum absolute atomic E-state index is 12.2. The molecule has 6 heteroatoms. The lowest BCUT2D eigenvalue weighted by atomic mass is 10.1. The van der Waals surface area contributed by atoms with Gasteiger partial charge in [-0.15, -0.1) is 0 Å². The molecule has 0 atom stereocenters. The number of hydrogen-bond acceptors (Lipinski definition) is 5. The van der Waals surface area contributed by atoms with Gasteiger partial charge in [-0.05, 0) is 12.1 Å². The van der Waals surface area contributed by atoms with Crippen LogP contribution in [0, 0.1) is 0 Å². The van der Waals surface area contributed by atoms with Crippen molar-refractivity contribution in [1.29, 1.82) is 0 Å². The molecular weight excluding hydrogens is 276 g/mol. The van der Waals surface area contributed by atoms with Crippen LogP contribution in [0.5, 0.6) is 5.75 Å². The third kappa shape index (κ3) is 2.94. The second-order valence-corrected chi connectivity index (χ2v) is 4.91. The Morgan fingerprint density at radius 2 is 1.90 bits per heavy atom. The first-order valence-electron chi connectivity index (χ1n) is 6.33. The monoisotopic (exact) mass is 290 g/mol. The molecule has 1 N–H and O–H groups in total. The van der Waals surface area contributed by atoms with Crippen molar-refractivity contribution < 1.29 is 23.8 Å². The van der Waals surface area contributed by atoms with Crippen molar-refractivity contribution in [3.8, 4) is 5.75 Å². The van der Waals surface area contributed by atoms with Gasteiger partial charge in [-0.1, -0.05) is 13.8 Å². The van der Waals surface area contributed by atoms with Crippen LogP contribution in [0.25, 0.3) is 11.0 Å². The largest absolute Gasteiger partial charge is 0.478 e. The van der Waals surface area contributed by atoms with E-state index in [9.17, 15) is 14.4 Å². The minimum atomic E-state index is -1.21. The summed E-state index contributed by atoms with van der Waals surface area (Å²) in [6, 6.07) is 3.70. The third-order valence-electron chi connectivity index (χ3n) is 2.88. The number of rotatable bonds is 3. The highest BCUT2D eigenvalue weighted by molar-refractivity contribution is 5.96. The molecule has 0 bridgehead atoms. The van der Waals surface area contributed by atoms with Crippen molar-refractivity contribution in [2.45, 2.75) is 26.7 Å². The van der Waals surface area contributed by atoms with Gasteiger partial charge in [-0.3, -0.25) is 9.59 Å². The summed E-state index contributed by atoms with van der Waals surface area (Å²) < 4.78 is 10.5. The molecule has 110 valence electrons. The summed E-state index contributed by atoms with van der Waals surface area (Å²) in [4.78, 5) is 34.4. The van der Waals surface area contributed by atoms with Crippen LogP contribution in [0.2, 0.25) is 0 Å². The second-order valence-electron chi connectivity index (χ2n) is 4.91. The number of carbonyl (C=O) groups excluding carboxylic acids is 1. The third-order valence-corrected chi connectivity index (χ3v) is 2.88. The van der Waals surface area contributed by atoms with E-state index in [0.29, 0.717) is 5.76 Å². The zero-order valence-electron chi connectivity index (χ0n) is 11.8. The summed E-state index contributed by atoms with van der Waals surface area (Å²) in [7, 11) is 0. The zero-order chi connectivity index (χ0) is 15.7. The Hall–Kier alpha value is -2.63. The minimum Gasteiger partial charge on any atom is -0.478 e. The van der Waals surface area contributed by atoms with E-state index in [1.54, 1.807) is 0 Å². The molecule has 0 aliphatic carbocycles. The second kappa shape index (κ2) is 5.40. The van der Waals surface area contributed by atoms with Crippen LogP contribution in [-0.4, -0.2) is 17.0 Å². The lowest BCUT2D eigenvalue weighted by Crippen LogP contribution is -2.10. The van der Waals surface area contributed by atoms with Gasteiger partial charge >= 0.3 is 11.9 Å². The molecule has 0 fully saturated rings. The van der Waals surface area contributed by atoms with Crippen LogP contribution in [-0.2, 0) is 4.79 Å². The zero-order valence-corrected chi connectivity index (χ0v) is 11.8. The van der Waals surface area contributed by atoms with Crippen LogP contribution in [0.3, 0.4) is 0 Å². The molecule has 0 amide bonds. The minimum absolute atomic E-state index is 0.0345. The van der Waals surface area contributed by atoms with Crippen molar-refractivity contribution in [2.24, 2.45) is 0 Å². The molecule has 0 aliphatic heterocycles. The van der Waals surface area contributed by atoms with E-state index in [-0.39, 0.29) is 33.6 Å². The van der Waals surface area contributed by atoms with Gasteiger partial charge in [-0.25, -0.2) is 4.79 Å². The standard InChI is InChI=1S/C15H14O6/c1-7(2)11-6-10(17)14-12(20-8(3)16)4-9(15(18)19)5-13(14)21-11/h4-7H,1-3H3,(H,18,19). The van der Waals surface area contributed by atoms with Gasteiger partial charge in [0.25, 0.3) is 0 Å². The number of esters is 1. The average molecular weight is 290 g/mol. The summed E-state index contributed by atoms with van der Waals surface area (Å²) in [6.45, 7) is 4.86. The molecule has 0 saturated heterocycles. The number of aromatic carboxylic acids is 1. The first-order valence-corrected chi connectivity index (χ1v) is 6.33. The normalized spacial score (nSPS) is 10.9. The molecule has 1 heterocycles. The van der Waals surface area contributed by atoms with Gasteiger partial charge in [0.2, 0.25) is 0 Å². The number of ether oxygens (including phenoxy) is 1. The lowest BCUT2D eigenvalue weighted by Gasteiger charge is -2.09. The first-order chi connectivity index (χ1) is 9.79. The summed E-state index contributed by atoms with van der Waals surface area (Å²) in [5.74, 6) is -1.56. The molecule has 1 aromatic heterocycles. The van der Waals surface area contributed by atoms with E-state index >= 15 is 0 Å². The van der Waals surface area contributed by atoms with Gasteiger partial charge in [-0.2, -0.15) is 0 Å². The Kier molecular flexibility index (Phi) is 3.80. The summed E-state index contributed by atoms with van der Waals surface area (Å²) in [5, 5.41) is 9.15. The van der Waals surface area contributed by atoms with E-state index in [2.05, 4.69) is 0 Å². The van der Waals surface area contributed by atoms with E-state index in [1.807, 2.05) is 13.8 Å². The van der Waals surface area contributed by atoms with Crippen molar-refractivity contribution >= 4 is 22.9 Å². The summed E-state index contributed by atoms with van der Waals surface area (Å²) >= 11 is 0. The highest BCUT2D eigenvalue weighted by Gasteiger charge is 2.17. The Morgan fingerprint density at radius 1 is 1.24 bits per heavy atom. The molecule has 6 nitrogen and oxygen atoms in total. The number of carboxylic acids is 1. The lowest BCUT2D eigenvalue weighted by molar-refractivity contribution is -0.131. The maximum Gasteiger partial charge on any atom is 0.335 e. The molecule has 0 radical (unpaired) electrons. The molecule has 0 unspecified atom stereocenters. The molecule has 0 saturated carbocycles. The molecule has 2 aromatic rings. The molecule has 0 spiro atoms. The van der Waals surface area contributed by atoms with E-state index in [4.69, 9.17) is 14.3 Å². The van der Waals surface area contributed by atoms with E-state index in [0.717, 1.165) is 6.07 Å². The summed E-state index contributed by atoms with van der Waals surface area (Å²) in [5.41, 5.74) is -0.418. The van der Waals surface area contributed by atoms with Gasteiger partial charge in [0.1, 0.15) is 22.5 Å². The van der Waals surface area contributed by atoms with E-state index < -0.39 is 11.9 Å². The average Bonchev–Trinajstić information content (AvgIpc) is 2.36. The van der Waals surface area contributed by atoms with Gasteiger partial charge in [0.15, 0.2) is 5.43 Å². The number of benzene rings is 1. The number of carbonyl (C=O) groups is 2. The predicted molar refractivity (Wildman–Crippen MR) is 74.8 cm³/mol. The predicted octanol–water partition coefficient (Wildman–Crippen LogP) is 2.54. The quantitative estimate of drug-likeness (QED) is 0.689. The first kappa shape index (κ1) is 14.8. The van der Waals surface area contributed by atoms with Gasteiger partial charge < -0.3 is 14.3 Å². The van der Waals surface area contributed by atoms with Crippen LogP contribution in [0.15, 0.2) is 27.4 Å². The number of fused-ring (bicyclic) bond motifs is 1. The SMILES string of the molecule is CC(=O)Oc1cc(C(=O)O)cc2oc(C(C)C)cc(=O)c12. The molecule has 0 aliphatic rings. The van der Waals surface area contributed by atoms with Crippen LogP contribution in [0.1, 0.15) is 42.8 Å². The van der Waals surface area contributed by atoms with Gasteiger partial charge in [0.05, 0.1) is 5.56 Å². The van der Waals surface area contributed by atoms with Crippen LogP contribution >= 0.6 is 0 Å². The van der Waals surface area contributed by atoms with Crippen LogP contribution in [0.4, 0.5) is 0 Å². The fourth-order valence-electron chi connectivity index (χ4n) is 1.91. The van der Waals surface area contributed by atoms with Gasteiger partial charge in [0, 0.05) is 18.9 Å². The molecular formula is C15H14O6. The fourth-order valence-corrected chi connectivity index (χ4v) is 1.91. The maximum atomic E-state index is 12.2. The topological polar surface area (TPSA) is 93.8 Å². The van der Waals surface area contributed by atoms with Crippen molar-refractivity contribution in [3.63, 3.8) is 0 Å². The van der Waals surface area contributed by atoms with Crippen LogP contribution < -0.4 is 10.2 Å². The number of carboxylic acid groups (broad SMARTS) is 1. The highest BCUT2D eigenvalue weighted by Crippen LogP contribution is 2.28. The fraction of sp³-hybridized carbons (Fsp3) is 0.267. The van der Waals surface area contributed by atoms with Crippen molar-refractivity contribution in [3.05, 3.63) is 39.7 Å². The Labute approximate surface area is 119 Å². The van der Waals surface area contributed by atoms with Crippen molar-refractivity contribution in [1.82, 2.24) is 0 Å². The molecule has 1 aromatic carbocycles. The molecule has 2 rings (SSSR count). The number of hydrogen-bond donors (Lipinski definition) is 1. The summed E-state index contributed by atoms with van der Waals surface area (Å²) in [6.07, 6.45) is 0. The highest BCUT2D eigenvalue weighted by atomic mass is 16.5.